The Bertz CT molecular complexity index is 762. The molecule has 162 valence electrons. The molecular weight excluding hydrogens is 380 g/mol. The molecule has 7 atom stereocenters. The summed E-state index contributed by atoms with van der Waals surface area (Å²) in [5, 5.41) is 49.0. The van der Waals surface area contributed by atoms with Crippen LogP contribution in [0.2, 0.25) is 0 Å². The number of aryl methyl sites for hydroxylation is 1. The van der Waals surface area contributed by atoms with Crippen LogP contribution in [0.25, 0.3) is 0 Å². The normalized spacial score (nSPS) is 34.5. The van der Waals surface area contributed by atoms with E-state index in [0.717, 1.165) is 16.7 Å². The fourth-order valence-corrected chi connectivity index (χ4v) is 4.33. The van der Waals surface area contributed by atoms with Gasteiger partial charge in [0.25, 0.3) is 0 Å². The maximum absolute atomic E-state index is 12.7. The van der Waals surface area contributed by atoms with Crippen molar-refractivity contribution in [3.8, 4) is 0 Å². The highest BCUT2D eigenvalue weighted by molar-refractivity contribution is 6.04. The number of ether oxygens (including phenoxy) is 2. The molecule has 1 aliphatic heterocycles. The first-order valence-electron chi connectivity index (χ1n) is 9.95. The second-order valence-corrected chi connectivity index (χ2v) is 8.03. The predicted molar refractivity (Wildman–Crippen MR) is 102 cm³/mol. The summed E-state index contributed by atoms with van der Waals surface area (Å²) in [6.45, 7) is 5.13. The van der Waals surface area contributed by atoms with Crippen molar-refractivity contribution in [1.29, 1.82) is 0 Å². The minimum atomic E-state index is -1.50. The van der Waals surface area contributed by atoms with Crippen LogP contribution in [-0.2, 0) is 22.5 Å². The molecule has 0 bridgehead atoms. The van der Waals surface area contributed by atoms with Crippen LogP contribution in [-0.4, -0.2) is 75.2 Å². The van der Waals surface area contributed by atoms with Gasteiger partial charge in [0.2, 0.25) is 0 Å². The van der Waals surface area contributed by atoms with Gasteiger partial charge in [-0.25, -0.2) is 0 Å². The lowest BCUT2D eigenvalue weighted by Crippen LogP contribution is -2.59. The Kier molecular flexibility index (Phi) is 6.74. The smallest absolute Gasteiger partial charge is 0.186 e. The van der Waals surface area contributed by atoms with Crippen LogP contribution in [0.15, 0.2) is 6.07 Å². The summed E-state index contributed by atoms with van der Waals surface area (Å²) >= 11 is 0. The highest BCUT2D eigenvalue weighted by atomic mass is 16.7. The number of ketones is 1. The van der Waals surface area contributed by atoms with E-state index >= 15 is 0 Å². The highest BCUT2D eigenvalue weighted by Crippen LogP contribution is 2.41. The molecule has 1 saturated heterocycles. The SMILES string of the molecule is Cc1cc2c(c(CO)c1CCO[C@@H]1O[C@H](CO)[C@@H](O)[C@H](O)[C@H]1O)C(=O)[C@@H](C)[C@@H]2C. The first kappa shape index (κ1) is 22.3. The predicted octanol–water partition coefficient (Wildman–Crippen LogP) is -0.218. The molecule has 1 heterocycles. The Morgan fingerprint density at radius 2 is 1.72 bits per heavy atom. The highest BCUT2D eigenvalue weighted by Gasteiger charge is 2.44. The Balaban J connectivity index is 1.76. The van der Waals surface area contributed by atoms with E-state index in [1.807, 2.05) is 26.8 Å². The van der Waals surface area contributed by atoms with Crippen molar-refractivity contribution in [2.24, 2.45) is 5.92 Å². The molecule has 0 aromatic heterocycles. The molecule has 5 N–H and O–H groups in total. The molecule has 0 saturated carbocycles. The number of fused-ring (bicyclic) bond motifs is 1. The van der Waals surface area contributed by atoms with Gasteiger partial charge in [-0.3, -0.25) is 4.79 Å². The average molecular weight is 410 g/mol. The van der Waals surface area contributed by atoms with Crippen molar-refractivity contribution in [3.05, 3.63) is 33.9 Å². The van der Waals surface area contributed by atoms with E-state index in [-0.39, 0.29) is 30.8 Å². The Morgan fingerprint density at radius 1 is 1.03 bits per heavy atom. The van der Waals surface area contributed by atoms with E-state index < -0.39 is 37.3 Å². The molecule has 1 aromatic carbocycles. The van der Waals surface area contributed by atoms with E-state index in [9.17, 15) is 30.3 Å². The molecule has 3 rings (SSSR count). The number of hydrogen-bond donors (Lipinski definition) is 5. The minimum absolute atomic E-state index is 0.0349. The Hall–Kier alpha value is -1.39. The zero-order valence-corrected chi connectivity index (χ0v) is 16.9. The standard InChI is InChI=1S/C21H30O8/c1-9-6-13-10(2)11(3)17(24)16(13)14(7-22)12(9)4-5-28-21-20(27)19(26)18(25)15(8-23)29-21/h6,10-11,15,18-23,25-27H,4-5,7-8H2,1-3H3/t10-,11-,15+,18+,19-,20+,21+/m0/s1. The fourth-order valence-electron chi connectivity index (χ4n) is 4.33. The summed E-state index contributed by atoms with van der Waals surface area (Å²) in [5.41, 5.74) is 3.92. The summed E-state index contributed by atoms with van der Waals surface area (Å²) in [7, 11) is 0. The first-order valence-corrected chi connectivity index (χ1v) is 9.95. The van der Waals surface area contributed by atoms with Crippen LogP contribution in [0.4, 0.5) is 0 Å². The topological polar surface area (TPSA) is 137 Å². The molecule has 0 radical (unpaired) electrons. The molecule has 29 heavy (non-hydrogen) atoms. The molecule has 0 spiro atoms. The molecule has 0 unspecified atom stereocenters. The van der Waals surface area contributed by atoms with E-state index in [4.69, 9.17) is 9.47 Å². The van der Waals surface area contributed by atoms with Gasteiger partial charge >= 0.3 is 0 Å². The number of aliphatic hydroxyl groups is 5. The third-order valence-electron chi connectivity index (χ3n) is 6.34. The number of aliphatic hydroxyl groups excluding tert-OH is 5. The summed E-state index contributed by atoms with van der Waals surface area (Å²) < 4.78 is 10.9. The van der Waals surface area contributed by atoms with E-state index in [1.54, 1.807) is 0 Å². The van der Waals surface area contributed by atoms with Gasteiger partial charge in [-0.05, 0) is 41.5 Å². The number of rotatable bonds is 6. The lowest BCUT2D eigenvalue weighted by molar-refractivity contribution is -0.300. The van der Waals surface area contributed by atoms with Gasteiger partial charge in [-0.15, -0.1) is 0 Å². The third kappa shape index (κ3) is 3.86. The largest absolute Gasteiger partial charge is 0.394 e. The van der Waals surface area contributed by atoms with Gasteiger partial charge in [0.15, 0.2) is 12.1 Å². The zero-order chi connectivity index (χ0) is 21.5. The monoisotopic (exact) mass is 410 g/mol. The molecule has 8 heteroatoms. The summed E-state index contributed by atoms with van der Waals surface area (Å²) in [5.74, 6) is 0.00360. The molecule has 0 amide bonds. The van der Waals surface area contributed by atoms with Crippen molar-refractivity contribution in [1.82, 2.24) is 0 Å². The summed E-state index contributed by atoms with van der Waals surface area (Å²) in [4.78, 5) is 12.7. The molecule has 1 aromatic rings. The lowest BCUT2D eigenvalue weighted by Gasteiger charge is -2.39. The van der Waals surface area contributed by atoms with E-state index in [0.29, 0.717) is 17.5 Å². The quantitative estimate of drug-likeness (QED) is 0.434. The number of carbonyl (C=O) groups is 1. The van der Waals surface area contributed by atoms with Crippen molar-refractivity contribution < 1.29 is 39.8 Å². The lowest BCUT2D eigenvalue weighted by atomic mass is 9.90. The van der Waals surface area contributed by atoms with Gasteiger partial charge in [-0.1, -0.05) is 19.9 Å². The maximum Gasteiger partial charge on any atom is 0.186 e. The van der Waals surface area contributed by atoms with Gasteiger partial charge in [0.05, 0.1) is 19.8 Å². The third-order valence-corrected chi connectivity index (χ3v) is 6.34. The zero-order valence-electron chi connectivity index (χ0n) is 16.9. The number of carbonyl (C=O) groups excluding carboxylic acids is 1. The fraction of sp³-hybridized carbons (Fsp3) is 0.667. The van der Waals surface area contributed by atoms with Crippen molar-refractivity contribution in [2.45, 2.75) is 70.4 Å². The van der Waals surface area contributed by atoms with Gasteiger partial charge in [0, 0.05) is 11.5 Å². The van der Waals surface area contributed by atoms with Crippen LogP contribution >= 0.6 is 0 Å². The van der Waals surface area contributed by atoms with Gasteiger partial charge in [-0.2, -0.15) is 0 Å². The van der Waals surface area contributed by atoms with Gasteiger partial charge < -0.3 is 35.0 Å². The van der Waals surface area contributed by atoms with Crippen LogP contribution in [0.5, 0.6) is 0 Å². The number of benzene rings is 1. The Labute approximate surface area is 169 Å². The molecule has 1 fully saturated rings. The second-order valence-electron chi connectivity index (χ2n) is 8.03. The minimum Gasteiger partial charge on any atom is -0.394 e. The molecule has 8 nitrogen and oxygen atoms in total. The second kappa shape index (κ2) is 8.77. The summed E-state index contributed by atoms with van der Waals surface area (Å²) in [6, 6.07) is 1.99. The van der Waals surface area contributed by atoms with Crippen LogP contribution < -0.4 is 0 Å². The maximum atomic E-state index is 12.7. The van der Waals surface area contributed by atoms with Gasteiger partial charge in [0.1, 0.15) is 24.4 Å². The Morgan fingerprint density at radius 3 is 2.34 bits per heavy atom. The van der Waals surface area contributed by atoms with Crippen LogP contribution in [0, 0.1) is 12.8 Å². The van der Waals surface area contributed by atoms with E-state index in [1.165, 1.54) is 0 Å². The molecular formula is C21H30O8. The summed E-state index contributed by atoms with van der Waals surface area (Å²) in [6.07, 6.45) is -6.28. The number of Topliss-reactive ketones (excluding diaryl/α,β-unsaturated/α-hetero) is 1. The van der Waals surface area contributed by atoms with E-state index in [2.05, 4.69) is 0 Å². The molecule has 1 aliphatic carbocycles. The average Bonchev–Trinajstić information content (AvgIpc) is 2.92. The van der Waals surface area contributed by atoms with Crippen LogP contribution in [0.3, 0.4) is 0 Å². The van der Waals surface area contributed by atoms with Crippen LogP contribution in [0.1, 0.15) is 52.4 Å². The van der Waals surface area contributed by atoms with Crippen molar-refractivity contribution in [2.75, 3.05) is 13.2 Å². The van der Waals surface area contributed by atoms with Crippen molar-refractivity contribution in [3.63, 3.8) is 0 Å². The van der Waals surface area contributed by atoms with Crippen molar-refractivity contribution >= 4 is 5.78 Å². The molecule has 2 aliphatic rings. The first-order chi connectivity index (χ1) is 13.7. The number of hydrogen-bond acceptors (Lipinski definition) is 8.